The SMILES string of the molecule is CC[C@H](C)[C@H](NC(=O)[C@H](CC(C)C)NC(=O)c1cccc2[nH]ccc12)C(=O)NCC(=O)N[C@@H](CCCN=C(N)N)C(=O)N[C@@H](CC(C)C)C(N)=O. The summed E-state index contributed by atoms with van der Waals surface area (Å²) in [6.07, 6.45) is 3.33. The summed E-state index contributed by atoms with van der Waals surface area (Å²) in [5, 5.41) is 14.1. The molecule has 0 spiro atoms. The molecule has 282 valence electrons. The van der Waals surface area contributed by atoms with Crippen LogP contribution in [0.3, 0.4) is 0 Å². The molecule has 0 aliphatic heterocycles. The number of carbonyl (C=O) groups is 6. The van der Waals surface area contributed by atoms with Crippen LogP contribution >= 0.6 is 0 Å². The zero-order valence-corrected chi connectivity index (χ0v) is 30.5. The Bertz CT molecular complexity index is 1530. The number of hydrogen-bond acceptors (Lipinski definition) is 7. The van der Waals surface area contributed by atoms with E-state index in [1.807, 2.05) is 40.7 Å². The molecule has 6 amide bonds. The van der Waals surface area contributed by atoms with Gasteiger partial charge in [-0.3, -0.25) is 33.8 Å². The minimum atomic E-state index is -1.08. The van der Waals surface area contributed by atoms with Gasteiger partial charge in [-0.25, -0.2) is 0 Å². The first kappa shape index (κ1) is 42.0. The van der Waals surface area contributed by atoms with Crippen LogP contribution in [-0.4, -0.2) is 83.6 Å². The van der Waals surface area contributed by atoms with Gasteiger partial charge in [0.2, 0.25) is 29.5 Å². The Morgan fingerprint density at radius 1 is 0.784 bits per heavy atom. The van der Waals surface area contributed by atoms with E-state index in [0.29, 0.717) is 36.6 Å². The van der Waals surface area contributed by atoms with E-state index in [2.05, 4.69) is 36.6 Å². The van der Waals surface area contributed by atoms with E-state index in [1.54, 1.807) is 31.3 Å². The van der Waals surface area contributed by atoms with Crippen molar-refractivity contribution in [3.63, 3.8) is 0 Å². The molecule has 0 aliphatic carbocycles. The lowest BCUT2D eigenvalue weighted by atomic mass is 9.96. The molecule has 1 heterocycles. The first-order valence-electron chi connectivity index (χ1n) is 17.4. The third-order valence-corrected chi connectivity index (χ3v) is 8.35. The molecule has 1 aromatic heterocycles. The van der Waals surface area contributed by atoms with Crippen molar-refractivity contribution in [3.05, 3.63) is 36.0 Å². The minimum absolute atomic E-state index is 0.0388. The topological polar surface area (TPSA) is 269 Å². The molecule has 2 aromatic rings. The van der Waals surface area contributed by atoms with Gasteiger partial charge in [0.25, 0.3) is 5.91 Å². The number of fused-ring (bicyclic) bond motifs is 1. The zero-order valence-electron chi connectivity index (χ0n) is 30.5. The Kier molecular flexibility index (Phi) is 16.9. The van der Waals surface area contributed by atoms with Crippen molar-refractivity contribution in [2.45, 2.75) is 97.8 Å². The highest BCUT2D eigenvalue weighted by Gasteiger charge is 2.32. The first-order valence-corrected chi connectivity index (χ1v) is 17.4. The molecule has 16 nitrogen and oxygen atoms in total. The monoisotopic (exact) mass is 712 g/mol. The number of aliphatic imine (C=N–C) groups is 1. The molecule has 0 bridgehead atoms. The molecule has 16 heteroatoms. The van der Waals surface area contributed by atoms with Crippen molar-refractivity contribution < 1.29 is 28.8 Å². The summed E-state index contributed by atoms with van der Waals surface area (Å²) >= 11 is 0. The van der Waals surface area contributed by atoms with Gasteiger partial charge >= 0.3 is 0 Å². The number of nitrogens with two attached hydrogens (primary N) is 3. The number of H-pyrrole nitrogens is 1. The predicted molar refractivity (Wildman–Crippen MR) is 196 cm³/mol. The molecule has 51 heavy (non-hydrogen) atoms. The normalized spacial score (nSPS) is 14.1. The lowest BCUT2D eigenvalue weighted by Crippen LogP contribution is -2.57. The van der Waals surface area contributed by atoms with Crippen molar-refractivity contribution in [3.8, 4) is 0 Å². The van der Waals surface area contributed by atoms with E-state index in [1.165, 1.54) is 0 Å². The number of primary amides is 1. The quantitative estimate of drug-likeness (QED) is 0.0499. The van der Waals surface area contributed by atoms with Gasteiger partial charge in [0, 0.05) is 29.2 Å². The fourth-order valence-electron chi connectivity index (χ4n) is 5.46. The van der Waals surface area contributed by atoms with Crippen molar-refractivity contribution in [1.29, 1.82) is 0 Å². The number of rotatable bonds is 21. The van der Waals surface area contributed by atoms with Gasteiger partial charge < -0.3 is 48.8 Å². The smallest absolute Gasteiger partial charge is 0.252 e. The fourth-order valence-corrected chi connectivity index (χ4v) is 5.46. The van der Waals surface area contributed by atoms with Crippen LogP contribution < -0.4 is 43.8 Å². The molecule has 12 N–H and O–H groups in total. The van der Waals surface area contributed by atoms with Gasteiger partial charge in [-0.2, -0.15) is 0 Å². The van der Waals surface area contributed by atoms with E-state index >= 15 is 0 Å². The average Bonchev–Trinajstić information content (AvgIpc) is 3.55. The van der Waals surface area contributed by atoms with Crippen LogP contribution in [0.15, 0.2) is 35.5 Å². The lowest BCUT2D eigenvalue weighted by Gasteiger charge is -2.27. The highest BCUT2D eigenvalue weighted by Crippen LogP contribution is 2.18. The van der Waals surface area contributed by atoms with Crippen LogP contribution in [0.25, 0.3) is 10.9 Å². The highest BCUT2D eigenvalue weighted by molar-refractivity contribution is 6.07. The Morgan fingerprint density at radius 2 is 1.43 bits per heavy atom. The van der Waals surface area contributed by atoms with Crippen LogP contribution in [0.4, 0.5) is 0 Å². The molecule has 0 saturated heterocycles. The molecule has 2 rings (SSSR count). The highest BCUT2D eigenvalue weighted by atomic mass is 16.2. The Balaban J connectivity index is 2.14. The summed E-state index contributed by atoms with van der Waals surface area (Å²) < 4.78 is 0. The molecular formula is C35H56N10O6. The van der Waals surface area contributed by atoms with Gasteiger partial charge in [-0.1, -0.05) is 54.0 Å². The Labute approximate surface area is 299 Å². The number of aromatic amines is 1. The second kappa shape index (κ2) is 20.5. The van der Waals surface area contributed by atoms with Gasteiger partial charge in [0.05, 0.1) is 6.54 Å². The molecule has 0 radical (unpaired) electrons. The maximum Gasteiger partial charge on any atom is 0.252 e. The molecule has 5 atom stereocenters. The second-order valence-corrected chi connectivity index (χ2v) is 13.7. The zero-order chi connectivity index (χ0) is 38.2. The number of guanidine groups is 1. The summed E-state index contributed by atoms with van der Waals surface area (Å²) in [5.41, 5.74) is 17.5. The number of aromatic nitrogens is 1. The Hall–Kier alpha value is -5.15. The molecule has 0 saturated carbocycles. The summed E-state index contributed by atoms with van der Waals surface area (Å²) in [6, 6.07) is 3.06. The fraction of sp³-hybridized carbons (Fsp3) is 0.571. The maximum atomic E-state index is 13.6. The van der Waals surface area contributed by atoms with E-state index in [9.17, 15) is 28.8 Å². The standard InChI is InChI=1S/C35H56N10O6/c1-7-21(6)29(45-33(50)27(17-20(4)5)44-31(48)23-10-8-11-24-22(23)13-15-39-24)34(51)41-18-28(46)42-25(12-9-14-40-35(37)38)32(49)43-26(30(36)47)16-19(2)3/h8,10-11,13,15,19-21,25-27,29,39H,7,9,12,14,16-18H2,1-6H3,(H2,36,47)(H,41,51)(H,42,46)(H,43,49)(H,44,48)(H,45,50)(H4,37,38,40)/t21-,25-,26-,27-,29-/m0/s1. The summed E-state index contributed by atoms with van der Waals surface area (Å²) in [4.78, 5) is 85.6. The van der Waals surface area contributed by atoms with E-state index in [4.69, 9.17) is 17.2 Å². The molecule has 0 fully saturated rings. The number of hydrogen-bond donors (Lipinski definition) is 9. The number of nitrogens with zero attached hydrogens (tertiary/aromatic N) is 1. The number of nitrogens with one attached hydrogen (secondary N) is 6. The lowest BCUT2D eigenvalue weighted by molar-refractivity contribution is -0.133. The summed E-state index contributed by atoms with van der Waals surface area (Å²) in [5.74, 6) is -3.94. The van der Waals surface area contributed by atoms with Crippen LogP contribution in [0.1, 0.15) is 84.0 Å². The van der Waals surface area contributed by atoms with Gasteiger partial charge in [0.1, 0.15) is 24.2 Å². The molecule has 1 aromatic carbocycles. The third kappa shape index (κ3) is 13.9. The molecular weight excluding hydrogens is 656 g/mol. The average molecular weight is 713 g/mol. The number of amides is 6. The Morgan fingerprint density at radius 3 is 2.04 bits per heavy atom. The number of carbonyl (C=O) groups excluding carboxylic acids is 6. The van der Waals surface area contributed by atoms with Crippen molar-refractivity contribution in [2.24, 2.45) is 39.9 Å². The van der Waals surface area contributed by atoms with Gasteiger partial charge in [-0.15, -0.1) is 0 Å². The van der Waals surface area contributed by atoms with Crippen LogP contribution in [0.2, 0.25) is 0 Å². The van der Waals surface area contributed by atoms with Gasteiger partial charge in [0.15, 0.2) is 5.96 Å². The summed E-state index contributed by atoms with van der Waals surface area (Å²) in [6.45, 7) is 10.9. The van der Waals surface area contributed by atoms with Gasteiger partial charge in [-0.05, 0) is 61.6 Å². The van der Waals surface area contributed by atoms with Crippen LogP contribution in [0, 0.1) is 17.8 Å². The second-order valence-electron chi connectivity index (χ2n) is 13.7. The van der Waals surface area contributed by atoms with E-state index in [-0.39, 0.29) is 36.7 Å². The molecule has 0 aliphatic rings. The third-order valence-electron chi connectivity index (χ3n) is 8.35. The van der Waals surface area contributed by atoms with E-state index < -0.39 is 66.2 Å². The predicted octanol–water partition coefficient (Wildman–Crippen LogP) is 0.514. The molecule has 0 unspecified atom stereocenters. The van der Waals surface area contributed by atoms with Crippen molar-refractivity contribution in [1.82, 2.24) is 31.6 Å². The first-order chi connectivity index (χ1) is 24.0. The van der Waals surface area contributed by atoms with Crippen LogP contribution in [0.5, 0.6) is 0 Å². The number of benzene rings is 1. The minimum Gasteiger partial charge on any atom is -0.370 e. The summed E-state index contributed by atoms with van der Waals surface area (Å²) in [7, 11) is 0. The maximum absolute atomic E-state index is 13.6. The largest absolute Gasteiger partial charge is 0.370 e. The van der Waals surface area contributed by atoms with Crippen molar-refractivity contribution >= 4 is 52.3 Å². The van der Waals surface area contributed by atoms with Crippen LogP contribution in [-0.2, 0) is 24.0 Å². The van der Waals surface area contributed by atoms with E-state index in [0.717, 1.165) is 5.52 Å². The van der Waals surface area contributed by atoms with Crippen molar-refractivity contribution in [2.75, 3.05) is 13.1 Å².